The Balaban J connectivity index is 1.79. The minimum atomic E-state index is -4.63. The number of benzene rings is 1. The molecule has 12 heteroatoms. The maximum absolute atomic E-state index is 12.8. The van der Waals surface area contributed by atoms with E-state index < -0.39 is 29.2 Å². The van der Waals surface area contributed by atoms with Crippen LogP contribution in [0.4, 0.5) is 24.5 Å². The molecule has 0 saturated heterocycles. The minimum absolute atomic E-state index is 0.0361. The Kier molecular flexibility index (Phi) is 5.67. The number of pyridine rings is 1. The number of aryl methyl sites for hydroxylation is 1. The predicted octanol–water partition coefficient (Wildman–Crippen LogP) is 3.94. The van der Waals surface area contributed by atoms with E-state index in [-0.39, 0.29) is 22.8 Å². The van der Waals surface area contributed by atoms with E-state index in [1.807, 2.05) is 0 Å². The molecule has 156 valence electrons. The number of nitro benzene ring substituents is 1. The average Bonchev–Trinajstić information content (AvgIpc) is 3.03. The monoisotopic (exact) mass is 421 g/mol. The molecule has 0 aliphatic heterocycles. The van der Waals surface area contributed by atoms with E-state index >= 15 is 0 Å². The summed E-state index contributed by atoms with van der Waals surface area (Å²) in [6, 6.07) is 7.62. The predicted molar refractivity (Wildman–Crippen MR) is 98.0 cm³/mol. The average molecular weight is 421 g/mol. The van der Waals surface area contributed by atoms with E-state index in [9.17, 15) is 28.1 Å². The van der Waals surface area contributed by atoms with E-state index in [0.717, 1.165) is 22.9 Å². The van der Waals surface area contributed by atoms with Crippen molar-refractivity contribution in [2.24, 2.45) is 0 Å². The number of non-ortho nitro benzene ring substituents is 1. The summed E-state index contributed by atoms with van der Waals surface area (Å²) in [5, 5.41) is 17.0. The zero-order valence-corrected chi connectivity index (χ0v) is 15.4. The van der Waals surface area contributed by atoms with Crippen LogP contribution in [-0.4, -0.2) is 25.6 Å². The third kappa shape index (κ3) is 5.10. The van der Waals surface area contributed by atoms with Crippen molar-refractivity contribution < 1.29 is 27.6 Å². The molecule has 0 fully saturated rings. The maximum Gasteiger partial charge on any atom is 0.435 e. The van der Waals surface area contributed by atoms with Crippen molar-refractivity contribution in [3.05, 3.63) is 70.3 Å². The number of carbonyl (C=O) groups excluding carboxylic acids is 1. The Morgan fingerprint density at radius 3 is 2.63 bits per heavy atom. The number of anilines is 1. The van der Waals surface area contributed by atoms with Crippen LogP contribution in [0.2, 0.25) is 0 Å². The van der Waals surface area contributed by atoms with Crippen LogP contribution < -0.4 is 10.1 Å². The number of ether oxygens (including phenoxy) is 1. The molecule has 1 N–H and O–H groups in total. The van der Waals surface area contributed by atoms with Gasteiger partial charge in [-0.1, -0.05) is 0 Å². The summed E-state index contributed by atoms with van der Waals surface area (Å²) < 4.78 is 44.7. The van der Waals surface area contributed by atoms with Gasteiger partial charge >= 0.3 is 6.18 Å². The fourth-order valence-corrected chi connectivity index (χ4v) is 2.51. The van der Waals surface area contributed by atoms with Crippen LogP contribution in [0.1, 0.15) is 11.4 Å². The Labute approximate surface area is 167 Å². The van der Waals surface area contributed by atoms with Gasteiger partial charge in [0.05, 0.1) is 22.9 Å². The molecule has 1 amide bonds. The largest absolute Gasteiger partial charge is 0.455 e. The Bertz CT molecular complexity index is 1080. The summed E-state index contributed by atoms with van der Waals surface area (Å²) in [5.74, 6) is -0.327. The zero-order valence-electron chi connectivity index (χ0n) is 15.4. The second-order valence-corrected chi connectivity index (χ2v) is 6.14. The Hall–Kier alpha value is -3.96. The molecule has 2 aromatic heterocycles. The summed E-state index contributed by atoms with van der Waals surface area (Å²) in [6.07, 6.45) is -1.71. The molecular formula is C18H14F3N5O4. The first-order valence-corrected chi connectivity index (χ1v) is 8.40. The second kappa shape index (κ2) is 8.19. The van der Waals surface area contributed by atoms with Crippen LogP contribution in [0.5, 0.6) is 11.5 Å². The number of rotatable bonds is 6. The van der Waals surface area contributed by atoms with Crippen LogP contribution in [0.3, 0.4) is 0 Å². The summed E-state index contributed by atoms with van der Waals surface area (Å²) in [4.78, 5) is 26.6. The van der Waals surface area contributed by atoms with Crippen LogP contribution in [0.25, 0.3) is 0 Å². The highest BCUT2D eigenvalue weighted by atomic mass is 19.4. The highest BCUT2D eigenvalue weighted by Crippen LogP contribution is 2.30. The number of nitrogens with zero attached hydrogens (tertiary/aromatic N) is 4. The number of alkyl halides is 3. The van der Waals surface area contributed by atoms with Gasteiger partial charge in [0, 0.05) is 24.0 Å². The van der Waals surface area contributed by atoms with Gasteiger partial charge in [0.25, 0.3) is 5.69 Å². The van der Waals surface area contributed by atoms with Crippen LogP contribution in [0.15, 0.2) is 48.8 Å². The SMILES string of the molecule is Cc1cc(C(F)(F)F)nn1CC(=O)Nc1cc(Oc2cccnc2)cc([N+](=O)[O-])c1. The van der Waals surface area contributed by atoms with Gasteiger partial charge in [0.2, 0.25) is 5.91 Å². The number of nitrogens with one attached hydrogen (secondary N) is 1. The minimum Gasteiger partial charge on any atom is -0.455 e. The van der Waals surface area contributed by atoms with E-state index in [4.69, 9.17) is 4.74 Å². The zero-order chi connectivity index (χ0) is 21.9. The van der Waals surface area contributed by atoms with E-state index in [2.05, 4.69) is 15.4 Å². The van der Waals surface area contributed by atoms with Crippen molar-refractivity contribution in [2.75, 3.05) is 5.32 Å². The first kappa shape index (κ1) is 20.8. The van der Waals surface area contributed by atoms with Crippen molar-refractivity contribution >= 4 is 17.3 Å². The summed E-state index contributed by atoms with van der Waals surface area (Å²) >= 11 is 0. The van der Waals surface area contributed by atoms with Crippen LogP contribution >= 0.6 is 0 Å². The van der Waals surface area contributed by atoms with E-state index in [1.54, 1.807) is 12.1 Å². The third-order valence-corrected chi connectivity index (χ3v) is 3.82. The lowest BCUT2D eigenvalue weighted by Crippen LogP contribution is -2.21. The van der Waals surface area contributed by atoms with Gasteiger partial charge in [-0.2, -0.15) is 18.3 Å². The molecule has 0 spiro atoms. The smallest absolute Gasteiger partial charge is 0.435 e. The molecule has 3 rings (SSSR count). The number of aromatic nitrogens is 3. The molecule has 0 aliphatic carbocycles. The number of carbonyl (C=O) groups is 1. The fourth-order valence-electron chi connectivity index (χ4n) is 2.51. The summed E-state index contributed by atoms with van der Waals surface area (Å²) in [7, 11) is 0. The molecule has 0 bridgehead atoms. The molecule has 0 saturated carbocycles. The Morgan fingerprint density at radius 2 is 2.03 bits per heavy atom. The lowest BCUT2D eigenvalue weighted by atomic mass is 10.2. The van der Waals surface area contributed by atoms with Crippen molar-refractivity contribution in [2.45, 2.75) is 19.6 Å². The molecule has 9 nitrogen and oxygen atoms in total. The third-order valence-electron chi connectivity index (χ3n) is 3.82. The highest BCUT2D eigenvalue weighted by molar-refractivity contribution is 5.91. The first-order chi connectivity index (χ1) is 14.1. The van der Waals surface area contributed by atoms with Crippen molar-refractivity contribution in [1.29, 1.82) is 0 Å². The van der Waals surface area contributed by atoms with Gasteiger partial charge in [0.1, 0.15) is 18.0 Å². The summed E-state index contributed by atoms with van der Waals surface area (Å²) in [5.41, 5.74) is -1.29. The van der Waals surface area contributed by atoms with Gasteiger partial charge in [-0.3, -0.25) is 24.6 Å². The van der Waals surface area contributed by atoms with Gasteiger partial charge in [-0.25, -0.2) is 0 Å². The highest BCUT2D eigenvalue weighted by Gasteiger charge is 2.34. The van der Waals surface area contributed by atoms with Crippen molar-refractivity contribution in [1.82, 2.24) is 14.8 Å². The first-order valence-electron chi connectivity index (χ1n) is 8.40. The molecule has 2 heterocycles. The van der Waals surface area contributed by atoms with Gasteiger partial charge in [-0.05, 0) is 25.1 Å². The molecule has 30 heavy (non-hydrogen) atoms. The molecule has 0 radical (unpaired) electrons. The number of nitro groups is 1. The maximum atomic E-state index is 12.8. The molecule has 3 aromatic rings. The molecule has 1 aromatic carbocycles. The lowest BCUT2D eigenvalue weighted by Gasteiger charge is -2.10. The number of hydrogen-bond acceptors (Lipinski definition) is 6. The standard InChI is InChI=1S/C18H14F3N5O4/c1-11-5-16(18(19,20)21)24-25(11)10-17(27)23-12-6-13(26(28)29)8-15(7-12)30-14-3-2-4-22-9-14/h2-9H,10H2,1H3,(H,23,27). The van der Waals surface area contributed by atoms with Crippen LogP contribution in [-0.2, 0) is 17.5 Å². The fraction of sp³-hybridized carbons (Fsp3) is 0.167. The lowest BCUT2D eigenvalue weighted by molar-refractivity contribution is -0.384. The van der Waals surface area contributed by atoms with Crippen molar-refractivity contribution in [3.63, 3.8) is 0 Å². The summed E-state index contributed by atoms with van der Waals surface area (Å²) in [6.45, 7) is 0.867. The molecule has 0 unspecified atom stereocenters. The van der Waals surface area contributed by atoms with E-state index in [0.29, 0.717) is 5.75 Å². The number of hydrogen-bond donors (Lipinski definition) is 1. The van der Waals surface area contributed by atoms with E-state index in [1.165, 1.54) is 25.4 Å². The topological polar surface area (TPSA) is 112 Å². The van der Waals surface area contributed by atoms with Crippen molar-refractivity contribution in [3.8, 4) is 11.5 Å². The van der Waals surface area contributed by atoms with Gasteiger partial charge in [0.15, 0.2) is 5.69 Å². The normalized spacial score (nSPS) is 11.2. The van der Waals surface area contributed by atoms with Crippen LogP contribution in [0, 0.1) is 17.0 Å². The second-order valence-electron chi connectivity index (χ2n) is 6.14. The van der Waals surface area contributed by atoms with Gasteiger partial charge < -0.3 is 10.1 Å². The number of halogens is 3. The number of amides is 1. The quantitative estimate of drug-likeness (QED) is 0.477. The Morgan fingerprint density at radius 1 is 1.27 bits per heavy atom. The molecular weight excluding hydrogens is 407 g/mol. The van der Waals surface area contributed by atoms with Gasteiger partial charge in [-0.15, -0.1) is 0 Å². The molecule has 0 aliphatic rings. The molecule has 0 atom stereocenters.